The van der Waals surface area contributed by atoms with Crippen LogP contribution in [0.2, 0.25) is 0 Å². The molecule has 4 N–H and O–H groups in total. The van der Waals surface area contributed by atoms with E-state index in [9.17, 15) is 20.1 Å². The minimum atomic E-state index is -1.13. The molecule has 3 atom stereocenters. The van der Waals surface area contributed by atoms with Gasteiger partial charge < -0.3 is 20.6 Å². The molecule has 0 fully saturated rings. The highest BCUT2D eigenvalue weighted by Gasteiger charge is 2.26. The number of rotatable bonds is 53. The van der Waals surface area contributed by atoms with Gasteiger partial charge in [-0.1, -0.05) is 309 Å². The Morgan fingerprint density at radius 2 is 0.557 bits per heavy atom. The second-order valence-corrected chi connectivity index (χ2v) is 19.9. The van der Waals surface area contributed by atoms with E-state index in [1.54, 1.807) is 0 Å². The molecular weight excluding hydrogens is 751 g/mol. The van der Waals surface area contributed by atoms with Crippen molar-refractivity contribution in [1.29, 1.82) is 0 Å². The second-order valence-electron chi connectivity index (χ2n) is 19.9. The van der Waals surface area contributed by atoms with Crippen molar-refractivity contribution in [2.75, 3.05) is 6.61 Å². The van der Waals surface area contributed by atoms with E-state index in [-0.39, 0.29) is 12.5 Å². The van der Waals surface area contributed by atoms with Crippen LogP contribution in [0.3, 0.4) is 0 Å². The predicted molar refractivity (Wildman–Crippen MR) is 269 cm³/mol. The Morgan fingerprint density at radius 1 is 0.344 bits per heavy atom. The van der Waals surface area contributed by atoms with Gasteiger partial charge in [0.05, 0.1) is 18.8 Å². The van der Waals surface area contributed by atoms with Gasteiger partial charge in [0.25, 0.3) is 0 Å². The van der Waals surface area contributed by atoms with Gasteiger partial charge in [0.15, 0.2) is 0 Å². The predicted octanol–water partition coefficient (Wildman–Crippen LogP) is 17.3. The van der Waals surface area contributed by atoms with Crippen molar-refractivity contribution >= 4 is 5.91 Å². The average molecular weight is 865 g/mol. The molecule has 0 spiro atoms. The molecule has 5 heteroatoms. The van der Waals surface area contributed by atoms with Gasteiger partial charge in [-0.25, -0.2) is 0 Å². The van der Waals surface area contributed by atoms with E-state index < -0.39 is 18.2 Å². The normalized spacial score (nSPS) is 13.2. The molecule has 0 aromatic rings. The van der Waals surface area contributed by atoms with Crippen molar-refractivity contribution in [2.24, 2.45) is 0 Å². The van der Waals surface area contributed by atoms with Gasteiger partial charge in [-0.15, -0.1) is 0 Å². The molecule has 0 aliphatic heterocycles. The fourth-order valence-corrected chi connectivity index (χ4v) is 9.34. The zero-order chi connectivity index (χ0) is 44.4. The SMILES string of the molecule is CCCCCCCCCCCCCCCCCCCCCCCCCCCCCCCCCCCCCC(=O)NC(CO)C(O)C(O)CCCCCCCCCCCCCC. The third-order valence-corrected chi connectivity index (χ3v) is 13.7. The van der Waals surface area contributed by atoms with E-state index in [1.165, 1.54) is 270 Å². The van der Waals surface area contributed by atoms with Crippen LogP contribution in [0.1, 0.15) is 328 Å². The van der Waals surface area contributed by atoms with Gasteiger partial charge in [-0.05, 0) is 12.8 Å². The first-order valence-electron chi connectivity index (χ1n) is 28.3. The summed E-state index contributed by atoms with van der Waals surface area (Å²) in [5.41, 5.74) is 0. The van der Waals surface area contributed by atoms with Crippen LogP contribution in [0.5, 0.6) is 0 Å². The third kappa shape index (κ3) is 47.1. The molecule has 0 bridgehead atoms. The summed E-state index contributed by atoms with van der Waals surface area (Å²) in [6.45, 7) is 4.20. The van der Waals surface area contributed by atoms with Gasteiger partial charge >= 0.3 is 0 Å². The molecule has 366 valence electrons. The monoisotopic (exact) mass is 864 g/mol. The molecular formula is C56H113NO4. The zero-order valence-corrected chi connectivity index (χ0v) is 41.8. The van der Waals surface area contributed by atoms with Crippen LogP contribution in [0.4, 0.5) is 0 Å². The first kappa shape index (κ1) is 60.4. The third-order valence-electron chi connectivity index (χ3n) is 13.7. The van der Waals surface area contributed by atoms with Crippen molar-refractivity contribution in [3.63, 3.8) is 0 Å². The molecule has 61 heavy (non-hydrogen) atoms. The summed E-state index contributed by atoms with van der Waals surface area (Å²) in [5.74, 6) is -0.137. The summed E-state index contributed by atoms with van der Waals surface area (Å²) in [6, 6.07) is -0.803. The number of unbranched alkanes of at least 4 members (excludes halogenated alkanes) is 45. The zero-order valence-electron chi connectivity index (χ0n) is 41.8. The van der Waals surface area contributed by atoms with Gasteiger partial charge in [-0.3, -0.25) is 4.79 Å². The van der Waals surface area contributed by atoms with Crippen LogP contribution in [0.25, 0.3) is 0 Å². The summed E-state index contributed by atoms with van der Waals surface area (Å²) in [7, 11) is 0. The maximum Gasteiger partial charge on any atom is 0.220 e. The Bertz CT molecular complexity index is 822. The molecule has 0 saturated carbocycles. The summed E-state index contributed by atoms with van der Waals surface area (Å²) >= 11 is 0. The van der Waals surface area contributed by atoms with Crippen LogP contribution in [-0.4, -0.2) is 46.1 Å². The number of carbonyl (C=O) groups excluding carboxylic acids is 1. The van der Waals surface area contributed by atoms with Crippen LogP contribution in [-0.2, 0) is 4.79 Å². The van der Waals surface area contributed by atoms with Crippen molar-refractivity contribution in [3.05, 3.63) is 0 Å². The Labute approximate surface area is 383 Å². The lowest BCUT2D eigenvalue weighted by molar-refractivity contribution is -0.124. The topological polar surface area (TPSA) is 89.8 Å². The lowest BCUT2D eigenvalue weighted by Crippen LogP contribution is -2.50. The molecule has 0 saturated heterocycles. The van der Waals surface area contributed by atoms with Gasteiger partial charge in [0.2, 0.25) is 5.91 Å². The van der Waals surface area contributed by atoms with Crippen molar-refractivity contribution in [1.82, 2.24) is 5.32 Å². The van der Waals surface area contributed by atoms with Crippen LogP contribution < -0.4 is 5.32 Å². The fourth-order valence-electron chi connectivity index (χ4n) is 9.34. The maximum absolute atomic E-state index is 12.5. The molecule has 0 aliphatic carbocycles. The largest absolute Gasteiger partial charge is 0.394 e. The van der Waals surface area contributed by atoms with E-state index in [1.807, 2.05) is 0 Å². The number of hydrogen-bond donors (Lipinski definition) is 4. The molecule has 0 aliphatic rings. The van der Waals surface area contributed by atoms with Crippen molar-refractivity contribution in [3.8, 4) is 0 Å². The van der Waals surface area contributed by atoms with Crippen LogP contribution in [0, 0.1) is 0 Å². The van der Waals surface area contributed by atoms with E-state index in [0.29, 0.717) is 12.8 Å². The molecule has 0 radical (unpaired) electrons. The Kier molecular flexibility index (Phi) is 51.4. The highest BCUT2D eigenvalue weighted by atomic mass is 16.3. The maximum atomic E-state index is 12.5. The molecule has 1 amide bonds. The molecule has 0 aromatic heterocycles. The van der Waals surface area contributed by atoms with Gasteiger partial charge in [0, 0.05) is 6.42 Å². The van der Waals surface area contributed by atoms with E-state index in [4.69, 9.17) is 0 Å². The number of nitrogens with one attached hydrogen (secondary N) is 1. The average Bonchev–Trinajstić information content (AvgIpc) is 3.26. The number of hydrogen-bond acceptors (Lipinski definition) is 4. The van der Waals surface area contributed by atoms with E-state index >= 15 is 0 Å². The number of aliphatic hydroxyl groups excluding tert-OH is 3. The number of carbonyl (C=O) groups is 1. The lowest BCUT2D eigenvalue weighted by atomic mass is 9.99. The Hall–Kier alpha value is -0.650. The summed E-state index contributed by atoms with van der Waals surface area (Å²) < 4.78 is 0. The smallest absolute Gasteiger partial charge is 0.220 e. The van der Waals surface area contributed by atoms with E-state index in [0.717, 1.165) is 32.1 Å². The minimum absolute atomic E-state index is 0.137. The van der Waals surface area contributed by atoms with Crippen molar-refractivity contribution < 1.29 is 20.1 Å². The second kappa shape index (κ2) is 52.0. The molecule has 3 unspecified atom stereocenters. The van der Waals surface area contributed by atoms with Gasteiger partial charge in [0.1, 0.15) is 6.10 Å². The number of aliphatic hydroxyl groups is 3. The standard InChI is InChI=1S/C56H113NO4/c1-3-5-7-9-11-13-15-17-18-19-20-21-22-23-24-25-26-27-28-29-30-31-32-33-34-35-36-37-38-39-41-43-45-47-49-51-55(60)57-53(52-58)56(61)54(59)50-48-46-44-42-40-16-14-12-10-8-6-4-2/h53-54,56,58-59,61H,3-52H2,1-2H3,(H,57,60). The first-order chi connectivity index (χ1) is 30.1. The minimum Gasteiger partial charge on any atom is -0.394 e. The summed E-state index contributed by atoms with van der Waals surface area (Å²) in [6.07, 6.45) is 62.8. The molecule has 0 heterocycles. The quantitative estimate of drug-likeness (QED) is 0.0459. The Balaban J connectivity index is 3.39. The van der Waals surface area contributed by atoms with Gasteiger partial charge in [-0.2, -0.15) is 0 Å². The molecule has 0 aromatic carbocycles. The molecule has 5 nitrogen and oxygen atoms in total. The van der Waals surface area contributed by atoms with Crippen LogP contribution >= 0.6 is 0 Å². The van der Waals surface area contributed by atoms with Crippen molar-refractivity contribution in [2.45, 2.75) is 347 Å². The fraction of sp³-hybridized carbons (Fsp3) is 0.982. The highest BCUT2D eigenvalue weighted by molar-refractivity contribution is 5.76. The highest BCUT2D eigenvalue weighted by Crippen LogP contribution is 2.19. The summed E-state index contributed by atoms with van der Waals surface area (Å²) in [4.78, 5) is 12.5. The first-order valence-corrected chi connectivity index (χ1v) is 28.3. The van der Waals surface area contributed by atoms with E-state index in [2.05, 4.69) is 19.2 Å². The Morgan fingerprint density at radius 3 is 0.787 bits per heavy atom. The molecule has 0 rings (SSSR count). The summed E-state index contributed by atoms with van der Waals surface area (Å²) in [5, 5.41) is 33.6. The number of amides is 1. The van der Waals surface area contributed by atoms with Crippen LogP contribution in [0.15, 0.2) is 0 Å². The lowest BCUT2D eigenvalue weighted by Gasteiger charge is -2.26.